The summed E-state index contributed by atoms with van der Waals surface area (Å²) >= 11 is 0. The van der Waals surface area contributed by atoms with Crippen molar-refractivity contribution in [2.45, 2.75) is 0 Å². The van der Waals surface area contributed by atoms with Gasteiger partial charge in [-0.25, -0.2) is 9.97 Å². The third-order valence-corrected chi connectivity index (χ3v) is 3.13. The lowest BCUT2D eigenvalue weighted by atomic mass is 10.1. The number of hydrogen-bond acceptors (Lipinski definition) is 7. The zero-order valence-corrected chi connectivity index (χ0v) is 11.9. The molecule has 0 unspecified atom stereocenters. The van der Waals surface area contributed by atoms with Gasteiger partial charge in [0.15, 0.2) is 0 Å². The SMILES string of the molecule is c1ccc(-c2nnc(-c3ncco3)nc2-c2ccccn2)nc1. The summed E-state index contributed by atoms with van der Waals surface area (Å²) < 4.78 is 5.24. The average molecular weight is 302 g/mol. The molecule has 0 amide bonds. The molecule has 23 heavy (non-hydrogen) atoms. The van der Waals surface area contributed by atoms with Crippen LogP contribution < -0.4 is 0 Å². The molecule has 0 aliphatic rings. The molecule has 0 aliphatic heterocycles. The monoisotopic (exact) mass is 302 g/mol. The highest BCUT2D eigenvalue weighted by Gasteiger charge is 2.17. The van der Waals surface area contributed by atoms with Crippen molar-refractivity contribution in [1.82, 2.24) is 30.1 Å². The Morgan fingerprint density at radius 1 is 0.696 bits per heavy atom. The van der Waals surface area contributed by atoms with Crippen molar-refractivity contribution >= 4 is 0 Å². The molecule has 0 N–H and O–H groups in total. The van der Waals surface area contributed by atoms with Gasteiger partial charge in [-0.2, -0.15) is 0 Å². The molecule has 7 heteroatoms. The zero-order valence-electron chi connectivity index (χ0n) is 11.9. The standard InChI is InChI=1S/C16H10N6O/c1-3-7-17-11(5-1)13-14(12-6-2-4-8-18-12)21-22-15(20-13)16-19-9-10-23-16/h1-10H. The Morgan fingerprint density at radius 2 is 1.43 bits per heavy atom. The summed E-state index contributed by atoms with van der Waals surface area (Å²) in [5.41, 5.74) is 2.48. The van der Waals surface area contributed by atoms with Crippen LogP contribution in [0.2, 0.25) is 0 Å². The van der Waals surface area contributed by atoms with Gasteiger partial charge in [0.1, 0.15) is 17.7 Å². The summed E-state index contributed by atoms with van der Waals surface area (Å²) in [6, 6.07) is 11.2. The topological polar surface area (TPSA) is 90.5 Å². The lowest BCUT2D eigenvalue weighted by Crippen LogP contribution is -2.01. The normalized spacial score (nSPS) is 10.6. The average Bonchev–Trinajstić information content (AvgIpc) is 3.17. The molecule has 0 saturated heterocycles. The largest absolute Gasteiger partial charge is 0.442 e. The van der Waals surface area contributed by atoms with Gasteiger partial charge < -0.3 is 4.42 Å². The summed E-state index contributed by atoms with van der Waals surface area (Å²) in [5.74, 6) is 0.609. The number of oxazole rings is 1. The molecule has 0 saturated carbocycles. The fraction of sp³-hybridized carbons (Fsp3) is 0. The first-order valence-electron chi connectivity index (χ1n) is 6.89. The third-order valence-electron chi connectivity index (χ3n) is 3.13. The number of pyridine rings is 2. The Hall–Kier alpha value is -3.48. The van der Waals surface area contributed by atoms with Gasteiger partial charge >= 0.3 is 0 Å². The van der Waals surface area contributed by atoms with Crippen LogP contribution >= 0.6 is 0 Å². The first-order chi connectivity index (χ1) is 11.4. The van der Waals surface area contributed by atoms with E-state index in [0.717, 1.165) is 0 Å². The minimum absolute atomic E-state index is 0.301. The highest BCUT2D eigenvalue weighted by Crippen LogP contribution is 2.27. The third kappa shape index (κ3) is 2.55. The van der Waals surface area contributed by atoms with Crippen molar-refractivity contribution < 1.29 is 4.42 Å². The van der Waals surface area contributed by atoms with Crippen molar-refractivity contribution in [2.75, 3.05) is 0 Å². The molecule has 110 valence electrons. The summed E-state index contributed by atoms with van der Waals surface area (Å²) in [4.78, 5) is 17.3. The molecule has 0 aliphatic carbocycles. The Bertz CT molecular complexity index is 910. The summed E-state index contributed by atoms with van der Waals surface area (Å²) in [6.45, 7) is 0. The van der Waals surface area contributed by atoms with Gasteiger partial charge in [-0.3, -0.25) is 9.97 Å². The van der Waals surface area contributed by atoms with Crippen LogP contribution in [0.5, 0.6) is 0 Å². The van der Waals surface area contributed by atoms with Crippen molar-refractivity contribution in [1.29, 1.82) is 0 Å². The molecule has 0 spiro atoms. The van der Waals surface area contributed by atoms with Gasteiger partial charge in [0.05, 0.1) is 17.6 Å². The van der Waals surface area contributed by atoms with E-state index in [0.29, 0.717) is 34.5 Å². The van der Waals surface area contributed by atoms with E-state index in [4.69, 9.17) is 4.42 Å². The molecule has 0 aromatic carbocycles. The molecular formula is C16H10N6O. The van der Waals surface area contributed by atoms with Crippen LogP contribution in [0.1, 0.15) is 0 Å². The predicted molar refractivity (Wildman–Crippen MR) is 81.8 cm³/mol. The van der Waals surface area contributed by atoms with Crippen molar-refractivity contribution in [3.63, 3.8) is 0 Å². The maximum absolute atomic E-state index is 5.24. The number of nitrogens with zero attached hydrogens (tertiary/aromatic N) is 6. The van der Waals surface area contributed by atoms with Crippen LogP contribution in [-0.2, 0) is 0 Å². The fourth-order valence-corrected chi connectivity index (χ4v) is 2.11. The Balaban J connectivity index is 1.93. The second-order valence-corrected chi connectivity index (χ2v) is 4.60. The van der Waals surface area contributed by atoms with E-state index in [1.807, 2.05) is 36.4 Å². The quantitative estimate of drug-likeness (QED) is 0.574. The molecule has 0 radical (unpaired) electrons. The number of rotatable bonds is 3. The molecule has 4 aromatic heterocycles. The van der Waals surface area contributed by atoms with Crippen LogP contribution in [-0.4, -0.2) is 30.1 Å². The number of aromatic nitrogens is 6. The van der Waals surface area contributed by atoms with Crippen LogP contribution in [0, 0.1) is 0 Å². The summed E-state index contributed by atoms with van der Waals surface area (Å²) in [6.07, 6.45) is 6.39. The fourth-order valence-electron chi connectivity index (χ4n) is 2.11. The van der Waals surface area contributed by atoms with Crippen molar-refractivity contribution in [3.8, 4) is 34.5 Å². The van der Waals surface area contributed by atoms with Gasteiger partial charge in [0.2, 0.25) is 5.82 Å². The van der Waals surface area contributed by atoms with E-state index in [9.17, 15) is 0 Å². The Kier molecular flexibility index (Phi) is 3.28. The van der Waals surface area contributed by atoms with E-state index < -0.39 is 0 Å². The van der Waals surface area contributed by atoms with E-state index in [1.54, 1.807) is 12.4 Å². The van der Waals surface area contributed by atoms with Crippen LogP contribution in [0.25, 0.3) is 34.5 Å². The van der Waals surface area contributed by atoms with Gasteiger partial charge in [-0.05, 0) is 24.3 Å². The predicted octanol–water partition coefficient (Wildman–Crippen LogP) is 2.65. The first kappa shape index (κ1) is 13.2. The summed E-state index contributed by atoms with van der Waals surface area (Å²) in [7, 11) is 0. The van der Waals surface area contributed by atoms with E-state index in [2.05, 4.69) is 30.1 Å². The van der Waals surface area contributed by atoms with Crippen LogP contribution in [0.3, 0.4) is 0 Å². The molecule has 0 atom stereocenters. The maximum Gasteiger partial charge on any atom is 0.266 e. The van der Waals surface area contributed by atoms with E-state index in [-0.39, 0.29) is 0 Å². The molecule has 4 heterocycles. The molecule has 0 bridgehead atoms. The second-order valence-electron chi connectivity index (χ2n) is 4.60. The molecule has 4 rings (SSSR count). The first-order valence-corrected chi connectivity index (χ1v) is 6.89. The van der Waals surface area contributed by atoms with Gasteiger partial charge in [0.25, 0.3) is 5.89 Å². The lowest BCUT2D eigenvalue weighted by Gasteiger charge is -2.06. The Labute approximate surface area is 131 Å². The van der Waals surface area contributed by atoms with Crippen molar-refractivity contribution in [2.24, 2.45) is 0 Å². The number of hydrogen-bond donors (Lipinski definition) is 0. The highest BCUT2D eigenvalue weighted by molar-refractivity contribution is 5.74. The van der Waals surface area contributed by atoms with Gasteiger partial charge in [0, 0.05) is 12.4 Å². The molecule has 0 fully saturated rings. The maximum atomic E-state index is 5.24. The van der Waals surface area contributed by atoms with Crippen molar-refractivity contribution in [3.05, 3.63) is 61.3 Å². The minimum atomic E-state index is 0.301. The van der Waals surface area contributed by atoms with Crippen LogP contribution in [0.4, 0.5) is 0 Å². The van der Waals surface area contributed by atoms with E-state index in [1.165, 1.54) is 12.5 Å². The van der Waals surface area contributed by atoms with E-state index >= 15 is 0 Å². The minimum Gasteiger partial charge on any atom is -0.442 e. The van der Waals surface area contributed by atoms with Gasteiger partial charge in [-0.1, -0.05) is 12.1 Å². The van der Waals surface area contributed by atoms with Gasteiger partial charge in [-0.15, -0.1) is 10.2 Å². The molecule has 4 aromatic rings. The second kappa shape index (κ2) is 5.72. The van der Waals surface area contributed by atoms with Crippen LogP contribution in [0.15, 0.2) is 65.7 Å². The molecule has 7 nitrogen and oxygen atoms in total. The highest BCUT2D eigenvalue weighted by atomic mass is 16.3. The molecular weight excluding hydrogens is 292 g/mol. The Morgan fingerprint density at radius 3 is 2.04 bits per heavy atom. The summed E-state index contributed by atoms with van der Waals surface area (Å²) in [5, 5.41) is 8.36. The smallest absolute Gasteiger partial charge is 0.266 e. The lowest BCUT2D eigenvalue weighted by molar-refractivity contribution is 0.567. The zero-order chi connectivity index (χ0) is 15.5.